The minimum Gasteiger partial charge on any atom is -0.489 e. The number of nitrogens with one attached hydrogen (secondary N) is 1. The number of carbonyl (C=O) groups excluding carboxylic acids is 1. The minimum atomic E-state index is -3.87. The maximum absolute atomic E-state index is 12.4. The van der Waals surface area contributed by atoms with Gasteiger partial charge in [-0.2, -0.15) is 0 Å². The van der Waals surface area contributed by atoms with Crippen LogP contribution in [0, 0.1) is 5.92 Å². The maximum Gasteiger partial charge on any atom is 0.273 e. The first-order valence-electron chi connectivity index (χ1n) is 11.5. The number of aromatic nitrogens is 1. The normalized spacial score (nSPS) is 13.2. The number of carbonyl (C=O) groups is 1. The van der Waals surface area contributed by atoms with E-state index in [1.165, 1.54) is 18.9 Å². The van der Waals surface area contributed by atoms with Gasteiger partial charge in [0.2, 0.25) is 5.88 Å². The molecule has 0 unspecified atom stereocenters. The van der Waals surface area contributed by atoms with Crippen LogP contribution in [0.15, 0.2) is 88.6 Å². The first kappa shape index (κ1) is 24.0. The van der Waals surface area contributed by atoms with E-state index in [0.717, 1.165) is 34.6 Å². The van der Waals surface area contributed by atoms with Gasteiger partial charge in [0.05, 0.1) is 6.61 Å². The smallest absolute Gasteiger partial charge is 0.273 e. The number of benzene rings is 2. The van der Waals surface area contributed by atoms with E-state index in [0.29, 0.717) is 24.2 Å². The highest BCUT2D eigenvalue weighted by Gasteiger charge is 2.22. The lowest BCUT2D eigenvalue weighted by Gasteiger charge is -2.10. The van der Waals surface area contributed by atoms with Crippen molar-refractivity contribution in [3.8, 4) is 22.8 Å². The van der Waals surface area contributed by atoms with Gasteiger partial charge in [-0.3, -0.25) is 4.79 Å². The van der Waals surface area contributed by atoms with E-state index in [1.54, 1.807) is 41.9 Å². The molecule has 9 heteroatoms. The Balaban J connectivity index is 1.17. The Bertz CT molecular complexity index is 1430. The molecule has 2 aromatic heterocycles. The number of ether oxygens (including phenoxy) is 2. The first-order chi connectivity index (χ1) is 17.5. The summed E-state index contributed by atoms with van der Waals surface area (Å²) in [6.45, 7) is 1.03. The van der Waals surface area contributed by atoms with Crippen molar-refractivity contribution in [3.63, 3.8) is 0 Å². The van der Waals surface area contributed by atoms with Crippen LogP contribution >= 0.6 is 11.3 Å². The molecule has 2 heterocycles. The summed E-state index contributed by atoms with van der Waals surface area (Å²) in [5.74, 6) is 1.34. The van der Waals surface area contributed by atoms with Gasteiger partial charge in [0.1, 0.15) is 16.6 Å². The number of nitrogens with zero attached hydrogens (tertiary/aromatic N) is 1. The molecule has 4 aromatic rings. The van der Waals surface area contributed by atoms with Crippen molar-refractivity contribution >= 4 is 27.3 Å². The Morgan fingerprint density at radius 3 is 2.50 bits per heavy atom. The van der Waals surface area contributed by atoms with Crippen LogP contribution in [0.1, 0.15) is 28.8 Å². The lowest BCUT2D eigenvalue weighted by molar-refractivity contribution is 0.0981. The summed E-state index contributed by atoms with van der Waals surface area (Å²) in [6, 6.07) is 21.3. The molecule has 2 aromatic carbocycles. The lowest BCUT2D eigenvalue weighted by Crippen LogP contribution is -2.30. The molecule has 0 atom stereocenters. The first-order valence-corrected chi connectivity index (χ1v) is 13.8. The molecule has 1 aliphatic carbocycles. The summed E-state index contributed by atoms with van der Waals surface area (Å²) in [5.41, 5.74) is 3.04. The van der Waals surface area contributed by atoms with Gasteiger partial charge in [0, 0.05) is 23.4 Å². The molecular weight excluding hydrogens is 496 g/mol. The molecule has 1 amide bonds. The molecule has 0 radical (unpaired) electrons. The van der Waals surface area contributed by atoms with Crippen LogP contribution in [0.2, 0.25) is 0 Å². The van der Waals surface area contributed by atoms with Crippen LogP contribution in [0.4, 0.5) is 0 Å². The minimum absolute atomic E-state index is 0.0942. The molecule has 0 spiro atoms. The average Bonchev–Trinajstić information content (AvgIpc) is 3.55. The quantitative estimate of drug-likeness (QED) is 0.305. The van der Waals surface area contributed by atoms with Crippen molar-refractivity contribution in [1.29, 1.82) is 0 Å². The van der Waals surface area contributed by atoms with E-state index in [1.807, 2.05) is 36.4 Å². The fourth-order valence-electron chi connectivity index (χ4n) is 3.46. The van der Waals surface area contributed by atoms with Crippen molar-refractivity contribution in [2.75, 3.05) is 6.61 Å². The zero-order valence-corrected chi connectivity index (χ0v) is 20.9. The van der Waals surface area contributed by atoms with E-state index in [-0.39, 0.29) is 9.77 Å². The van der Waals surface area contributed by atoms with Crippen LogP contribution < -0.4 is 14.2 Å². The van der Waals surface area contributed by atoms with Gasteiger partial charge in [-0.15, -0.1) is 11.3 Å². The number of hydrogen-bond donors (Lipinski definition) is 1. The van der Waals surface area contributed by atoms with Crippen molar-refractivity contribution in [2.24, 2.45) is 5.92 Å². The third kappa shape index (κ3) is 6.10. The summed E-state index contributed by atoms with van der Waals surface area (Å²) < 4.78 is 38.3. The number of amides is 1. The molecule has 184 valence electrons. The van der Waals surface area contributed by atoms with Crippen molar-refractivity contribution in [1.82, 2.24) is 9.71 Å². The van der Waals surface area contributed by atoms with Gasteiger partial charge in [0.25, 0.3) is 15.9 Å². The molecule has 1 saturated carbocycles. The number of pyridine rings is 1. The Morgan fingerprint density at radius 2 is 1.81 bits per heavy atom. The van der Waals surface area contributed by atoms with E-state index < -0.39 is 15.9 Å². The zero-order valence-electron chi connectivity index (χ0n) is 19.3. The van der Waals surface area contributed by atoms with Gasteiger partial charge in [-0.25, -0.2) is 18.1 Å². The fourth-order valence-corrected chi connectivity index (χ4v) is 5.42. The van der Waals surface area contributed by atoms with E-state index in [9.17, 15) is 13.2 Å². The Kier molecular flexibility index (Phi) is 7.02. The Morgan fingerprint density at radius 1 is 0.972 bits per heavy atom. The zero-order chi connectivity index (χ0) is 25.0. The number of hydrogen-bond acceptors (Lipinski definition) is 7. The highest BCUT2D eigenvalue weighted by molar-refractivity contribution is 7.92. The summed E-state index contributed by atoms with van der Waals surface area (Å²) >= 11 is 1.05. The SMILES string of the molecule is O=C(NS(=O)(=O)c1cccs1)c1ccc(COc2cccc(-c3ccc(OCC4CC4)nc3)c2)cc1. The second-order valence-electron chi connectivity index (χ2n) is 8.52. The van der Waals surface area contributed by atoms with Crippen molar-refractivity contribution < 1.29 is 22.7 Å². The summed E-state index contributed by atoms with van der Waals surface area (Å²) in [7, 11) is -3.87. The topological polar surface area (TPSA) is 94.6 Å². The summed E-state index contributed by atoms with van der Waals surface area (Å²) in [5, 5.41) is 1.64. The molecule has 1 N–H and O–H groups in total. The molecule has 0 bridgehead atoms. The van der Waals surface area contributed by atoms with Crippen LogP contribution in [0.5, 0.6) is 11.6 Å². The monoisotopic (exact) mass is 520 g/mol. The summed E-state index contributed by atoms with van der Waals surface area (Å²) in [6.07, 6.45) is 4.28. The highest BCUT2D eigenvalue weighted by Crippen LogP contribution is 2.30. The molecule has 0 aliphatic heterocycles. The number of rotatable bonds is 10. The second kappa shape index (κ2) is 10.5. The van der Waals surface area contributed by atoms with Gasteiger partial charge in [-0.05, 0) is 71.7 Å². The second-order valence-corrected chi connectivity index (χ2v) is 11.4. The largest absolute Gasteiger partial charge is 0.489 e. The fraction of sp³-hybridized carbons (Fsp3) is 0.185. The number of thiophene rings is 1. The van der Waals surface area contributed by atoms with Crippen molar-refractivity contribution in [2.45, 2.75) is 23.7 Å². The van der Waals surface area contributed by atoms with Gasteiger partial charge in [-0.1, -0.05) is 30.3 Å². The number of sulfonamides is 1. The average molecular weight is 521 g/mol. The molecule has 0 saturated heterocycles. The highest BCUT2D eigenvalue weighted by atomic mass is 32.2. The van der Waals surface area contributed by atoms with Crippen LogP contribution in [-0.4, -0.2) is 25.9 Å². The Hall–Kier alpha value is -3.69. The standard InChI is InChI=1S/C27H24N2O5S2/c30-27(29-36(31,32)26-5-2-14-35-26)21-10-8-20(9-11-21)17-33-24-4-1-3-22(15-24)23-12-13-25(28-16-23)34-18-19-6-7-19/h1-5,8-16,19H,6-7,17-18H2,(H,29,30). The van der Waals surface area contributed by atoms with Crippen LogP contribution in [-0.2, 0) is 16.6 Å². The van der Waals surface area contributed by atoms with E-state index in [2.05, 4.69) is 9.71 Å². The summed E-state index contributed by atoms with van der Waals surface area (Å²) in [4.78, 5) is 16.8. The molecule has 5 rings (SSSR count). The van der Waals surface area contributed by atoms with E-state index >= 15 is 0 Å². The van der Waals surface area contributed by atoms with Crippen LogP contribution in [0.3, 0.4) is 0 Å². The van der Waals surface area contributed by atoms with Crippen molar-refractivity contribution in [3.05, 3.63) is 95.5 Å². The Labute approximate surface area is 213 Å². The molecule has 7 nitrogen and oxygen atoms in total. The van der Waals surface area contributed by atoms with Gasteiger partial charge >= 0.3 is 0 Å². The van der Waals surface area contributed by atoms with Gasteiger partial charge in [0.15, 0.2) is 0 Å². The molecule has 1 fully saturated rings. The predicted molar refractivity (Wildman–Crippen MR) is 138 cm³/mol. The molecule has 1 aliphatic rings. The molecular formula is C27H24N2O5S2. The lowest BCUT2D eigenvalue weighted by atomic mass is 10.1. The molecule has 36 heavy (non-hydrogen) atoms. The predicted octanol–water partition coefficient (Wildman–Crippen LogP) is 5.30. The van der Waals surface area contributed by atoms with Crippen LogP contribution in [0.25, 0.3) is 11.1 Å². The van der Waals surface area contributed by atoms with Gasteiger partial charge < -0.3 is 9.47 Å². The van der Waals surface area contributed by atoms with E-state index in [4.69, 9.17) is 9.47 Å². The third-order valence-corrected chi connectivity index (χ3v) is 8.40. The maximum atomic E-state index is 12.4. The third-order valence-electron chi connectivity index (χ3n) is 5.68.